The van der Waals surface area contributed by atoms with E-state index < -0.39 is 0 Å². The normalized spacial score (nSPS) is 0.800. The zero-order valence-corrected chi connectivity index (χ0v) is 9.78. The van der Waals surface area contributed by atoms with Gasteiger partial charge in [-0.2, -0.15) is 0 Å². The molecule has 0 saturated carbocycles. The molecule has 0 aliphatic carbocycles. The van der Waals surface area contributed by atoms with Gasteiger partial charge in [-0.05, 0) is 0 Å². The minimum Gasteiger partial charge on any atom is -0.512 e. The fraction of sp³-hybridized carbons (Fsp3) is 0. The van der Waals surface area contributed by atoms with Crippen molar-refractivity contribution in [2.45, 2.75) is 0 Å². The number of hydrogen-bond acceptors (Lipinski definition) is 4. The summed E-state index contributed by atoms with van der Waals surface area (Å²) >= 11 is 0. The van der Waals surface area contributed by atoms with Crippen LogP contribution < -0.4 is 0 Å². The predicted molar refractivity (Wildman–Crippen MR) is 25.6 cm³/mol. The molecule has 0 aliphatic heterocycles. The molecule has 51 valence electrons. The summed E-state index contributed by atoms with van der Waals surface area (Å²) in [6.07, 6.45) is 0. The minimum absolute atomic E-state index is 0. The monoisotopic (exact) mass is 249 g/mol. The standard InChI is InChI=1S/4CN.K.Pd/c4*1-2;;/q4*-1;;. The second-order valence-corrected chi connectivity index (χ2v) is 0. The van der Waals surface area contributed by atoms with E-state index in [0.29, 0.717) is 0 Å². The van der Waals surface area contributed by atoms with Gasteiger partial charge in [0.15, 0.2) is 0 Å². The molecule has 0 aromatic rings. The van der Waals surface area contributed by atoms with Gasteiger partial charge in [-0.15, -0.1) is 0 Å². The quantitative estimate of drug-likeness (QED) is 0.446. The zero-order chi connectivity index (χ0) is 8.00. The third-order valence-corrected chi connectivity index (χ3v) is 0. The minimum atomic E-state index is 0. The van der Waals surface area contributed by atoms with Crippen molar-refractivity contribution in [2.75, 3.05) is 0 Å². The van der Waals surface area contributed by atoms with Crippen molar-refractivity contribution in [2.24, 2.45) is 0 Å². The van der Waals surface area contributed by atoms with Crippen LogP contribution in [-0.2, 0) is 20.4 Å². The van der Waals surface area contributed by atoms with E-state index in [0.717, 1.165) is 0 Å². The Hall–Kier alpha value is 0.259. The fourth-order valence-corrected chi connectivity index (χ4v) is 0. The van der Waals surface area contributed by atoms with Crippen molar-refractivity contribution in [1.82, 2.24) is 0 Å². The van der Waals surface area contributed by atoms with Crippen molar-refractivity contribution in [3.05, 3.63) is 26.3 Å². The molecule has 0 amide bonds. The molecular formula is C4KN4Pd-4. The molecule has 0 saturated heterocycles. The topological polar surface area (TPSA) is 95.2 Å². The number of rotatable bonds is 0. The number of hydrogen-bond donors (Lipinski definition) is 0. The summed E-state index contributed by atoms with van der Waals surface area (Å²) in [6, 6.07) is 0. The Balaban J connectivity index is -0.00000000500. The van der Waals surface area contributed by atoms with E-state index in [1.54, 1.807) is 0 Å². The summed E-state index contributed by atoms with van der Waals surface area (Å²) < 4.78 is 0. The molecule has 4 nitrogen and oxygen atoms in total. The average Bonchev–Trinajstić information content (AvgIpc) is 2.03. The van der Waals surface area contributed by atoms with Crippen LogP contribution in [-0.4, -0.2) is 51.4 Å². The van der Waals surface area contributed by atoms with Crippen LogP contribution in [0.1, 0.15) is 0 Å². The first-order valence-corrected chi connectivity index (χ1v) is 0.894. The van der Waals surface area contributed by atoms with E-state index in [-0.39, 0.29) is 71.8 Å². The molecule has 1 radical (unpaired) electrons. The Morgan fingerprint density at radius 2 is 0.500 bits per heavy atom. The smallest absolute Gasteiger partial charge is 0 e. The molecule has 0 N–H and O–H groups in total. The molecule has 0 aromatic heterocycles. The second kappa shape index (κ2) is 9440. The maximum absolute atomic E-state index is 6.25. The average molecular weight is 250 g/mol. The molecule has 0 aliphatic rings. The molecule has 0 bridgehead atoms. The summed E-state index contributed by atoms with van der Waals surface area (Å²) in [5.74, 6) is 0. The van der Waals surface area contributed by atoms with Crippen LogP contribution in [0.3, 0.4) is 0 Å². The van der Waals surface area contributed by atoms with E-state index >= 15 is 0 Å². The Bertz CT molecular complexity index is 60.2. The predicted octanol–water partition coefficient (Wildman–Crippen LogP) is 0.00218. The molecule has 0 aromatic carbocycles. The van der Waals surface area contributed by atoms with Gasteiger partial charge in [0.2, 0.25) is 0 Å². The van der Waals surface area contributed by atoms with Crippen LogP contribution in [0.15, 0.2) is 0 Å². The summed E-state index contributed by atoms with van der Waals surface area (Å²) in [5, 5.41) is 25.0. The van der Waals surface area contributed by atoms with Crippen LogP contribution in [0.5, 0.6) is 0 Å². The zero-order valence-electron chi connectivity index (χ0n) is 5.11. The van der Waals surface area contributed by atoms with Crippen LogP contribution in [0, 0.1) is 47.3 Å². The maximum atomic E-state index is 6.25. The Morgan fingerprint density at radius 3 is 0.500 bits per heavy atom. The Labute approximate surface area is 117 Å². The Morgan fingerprint density at radius 1 is 0.500 bits per heavy atom. The second-order valence-electron chi connectivity index (χ2n) is 0. The van der Waals surface area contributed by atoms with E-state index in [4.69, 9.17) is 47.3 Å². The van der Waals surface area contributed by atoms with Crippen molar-refractivity contribution in [3.8, 4) is 0 Å². The van der Waals surface area contributed by atoms with Crippen LogP contribution >= 0.6 is 0 Å². The van der Waals surface area contributed by atoms with Crippen molar-refractivity contribution in [1.29, 1.82) is 21.0 Å². The van der Waals surface area contributed by atoms with Gasteiger partial charge in [0.05, 0.1) is 0 Å². The molecule has 6 heteroatoms. The van der Waals surface area contributed by atoms with Gasteiger partial charge in [0, 0.05) is 71.8 Å². The first-order valence-electron chi connectivity index (χ1n) is 0.894. The molecule has 10 heavy (non-hydrogen) atoms. The van der Waals surface area contributed by atoms with Gasteiger partial charge in [-0.1, -0.05) is 0 Å². The number of nitrogens with zero attached hydrogens (tertiary/aromatic N) is 4. The van der Waals surface area contributed by atoms with E-state index in [1.807, 2.05) is 0 Å². The molecule has 0 heterocycles. The van der Waals surface area contributed by atoms with Gasteiger partial charge in [-0.3, -0.25) is 0 Å². The molecule has 0 rings (SSSR count). The van der Waals surface area contributed by atoms with Crippen LogP contribution in [0.2, 0.25) is 0 Å². The molecule has 0 fully saturated rings. The SMILES string of the molecule is [C-]#N.[C-]#N.[C-]#N.[C-]#N.[K].[Pd]. The van der Waals surface area contributed by atoms with Gasteiger partial charge in [0.1, 0.15) is 0 Å². The maximum Gasteiger partial charge on any atom is 0 e. The summed E-state index contributed by atoms with van der Waals surface area (Å²) in [6.45, 7) is 19.0. The first kappa shape index (κ1) is 48.5. The third-order valence-electron chi connectivity index (χ3n) is 0. The summed E-state index contributed by atoms with van der Waals surface area (Å²) in [4.78, 5) is 0. The van der Waals surface area contributed by atoms with Gasteiger partial charge >= 0.3 is 0 Å². The summed E-state index contributed by atoms with van der Waals surface area (Å²) in [5.41, 5.74) is 0. The van der Waals surface area contributed by atoms with Crippen molar-refractivity contribution in [3.63, 3.8) is 0 Å². The van der Waals surface area contributed by atoms with E-state index in [1.165, 1.54) is 0 Å². The van der Waals surface area contributed by atoms with E-state index in [2.05, 4.69) is 0 Å². The van der Waals surface area contributed by atoms with Crippen molar-refractivity contribution >= 4 is 51.4 Å². The molecule has 0 atom stereocenters. The molecular weight excluding hydrogens is 250 g/mol. The van der Waals surface area contributed by atoms with Gasteiger partial charge in [-0.25, -0.2) is 0 Å². The molecule has 0 unspecified atom stereocenters. The fourth-order valence-electron chi connectivity index (χ4n) is 0. The largest absolute Gasteiger partial charge is 0.512 e. The van der Waals surface area contributed by atoms with E-state index in [9.17, 15) is 0 Å². The van der Waals surface area contributed by atoms with Crippen LogP contribution in [0.4, 0.5) is 0 Å². The van der Waals surface area contributed by atoms with Gasteiger partial charge in [0.25, 0.3) is 0 Å². The van der Waals surface area contributed by atoms with Gasteiger partial charge < -0.3 is 47.3 Å². The molecule has 0 spiro atoms. The Kier molecular flexibility index (Phi) is 45800. The van der Waals surface area contributed by atoms with Crippen LogP contribution in [0.25, 0.3) is 0 Å². The summed E-state index contributed by atoms with van der Waals surface area (Å²) in [7, 11) is 0. The first-order chi connectivity index (χ1) is 4.00. The van der Waals surface area contributed by atoms with Crippen molar-refractivity contribution < 1.29 is 20.4 Å². The third kappa shape index (κ3) is 6500.